The Morgan fingerprint density at radius 3 is 2.62 bits per heavy atom. The van der Waals surface area contributed by atoms with Crippen LogP contribution in [0.25, 0.3) is 11.2 Å². The Morgan fingerprint density at radius 2 is 2.00 bits per heavy atom. The van der Waals surface area contributed by atoms with Crippen molar-refractivity contribution in [1.82, 2.24) is 19.2 Å². The molecular formula is C10H16N4OSi. The van der Waals surface area contributed by atoms with E-state index >= 15 is 0 Å². The molecule has 6 heteroatoms. The molecule has 0 saturated heterocycles. The molecule has 0 radical (unpaired) electrons. The van der Waals surface area contributed by atoms with E-state index < -0.39 is 8.24 Å². The van der Waals surface area contributed by atoms with Crippen LogP contribution in [0.1, 0.15) is 6.92 Å². The highest BCUT2D eigenvalue weighted by Gasteiger charge is 2.21. The Hall–Kier alpha value is -1.43. The predicted molar refractivity (Wildman–Crippen MR) is 65.2 cm³/mol. The number of ether oxygens (including phenoxy) is 1. The van der Waals surface area contributed by atoms with Gasteiger partial charge in [0.15, 0.2) is 19.4 Å². The topological polar surface area (TPSA) is 52.8 Å². The van der Waals surface area contributed by atoms with Crippen LogP contribution in [-0.2, 0) is 0 Å². The third-order valence-corrected chi connectivity index (χ3v) is 4.08. The van der Waals surface area contributed by atoms with Gasteiger partial charge in [-0.3, -0.25) is 0 Å². The average Bonchev–Trinajstić information content (AvgIpc) is 2.62. The summed E-state index contributed by atoms with van der Waals surface area (Å²) in [5.74, 6) is 0.574. The number of rotatable bonds is 3. The van der Waals surface area contributed by atoms with Crippen LogP contribution >= 0.6 is 0 Å². The fourth-order valence-corrected chi connectivity index (χ4v) is 2.75. The zero-order valence-electron chi connectivity index (χ0n) is 10.1. The maximum Gasteiger partial charge on any atom is 0.245 e. The lowest BCUT2D eigenvalue weighted by Gasteiger charge is -2.17. The largest absolute Gasteiger partial charge is 0.476 e. The Bertz CT molecular complexity index is 503. The number of hydrogen-bond donors (Lipinski definition) is 0. The van der Waals surface area contributed by atoms with Gasteiger partial charge in [0.1, 0.15) is 6.33 Å². The fourth-order valence-electron chi connectivity index (χ4n) is 1.55. The van der Waals surface area contributed by atoms with Crippen molar-refractivity contribution in [3.8, 4) is 5.88 Å². The first kappa shape index (κ1) is 11.1. The molecule has 2 aromatic heterocycles. The van der Waals surface area contributed by atoms with Crippen LogP contribution in [0.15, 0.2) is 12.7 Å². The number of nitrogens with zero attached hydrogens (tertiary/aromatic N) is 4. The summed E-state index contributed by atoms with van der Waals surface area (Å²) >= 11 is 0. The summed E-state index contributed by atoms with van der Waals surface area (Å²) in [5.41, 5.74) is 1.63. The van der Waals surface area contributed by atoms with Crippen molar-refractivity contribution in [1.29, 1.82) is 0 Å². The molecule has 0 aliphatic heterocycles. The summed E-state index contributed by atoms with van der Waals surface area (Å²) in [6.45, 7) is 9.26. The van der Waals surface area contributed by atoms with Crippen LogP contribution in [-0.4, -0.2) is 34.0 Å². The summed E-state index contributed by atoms with van der Waals surface area (Å²) in [5, 5.41) is 0. The van der Waals surface area contributed by atoms with Crippen molar-refractivity contribution in [3.63, 3.8) is 0 Å². The Balaban J connectivity index is 2.62. The molecule has 0 fully saturated rings. The molecule has 0 aliphatic carbocycles. The Labute approximate surface area is 95.6 Å². The highest BCUT2D eigenvalue weighted by Crippen LogP contribution is 2.21. The first-order valence-corrected chi connectivity index (χ1v) is 8.80. The van der Waals surface area contributed by atoms with Gasteiger partial charge >= 0.3 is 0 Å². The van der Waals surface area contributed by atoms with E-state index in [-0.39, 0.29) is 0 Å². The monoisotopic (exact) mass is 236 g/mol. The summed E-state index contributed by atoms with van der Waals surface area (Å²) in [6.07, 6.45) is 3.37. The molecular weight excluding hydrogens is 220 g/mol. The zero-order chi connectivity index (χ0) is 11.8. The molecule has 2 rings (SSSR count). The van der Waals surface area contributed by atoms with Gasteiger partial charge in [0, 0.05) is 0 Å². The number of aromatic nitrogens is 4. The molecule has 2 heterocycles. The summed E-state index contributed by atoms with van der Waals surface area (Å²) in [4.78, 5) is 12.7. The van der Waals surface area contributed by atoms with Crippen molar-refractivity contribution >= 4 is 19.4 Å². The molecule has 16 heavy (non-hydrogen) atoms. The standard InChI is InChI=1S/C10H16N4OSi/c1-5-15-10-8-9(11-6-12-10)14(7-13-8)16(2,3)4/h6-7H,5H2,1-4H3. The van der Waals surface area contributed by atoms with Crippen molar-refractivity contribution in [3.05, 3.63) is 12.7 Å². The van der Waals surface area contributed by atoms with E-state index in [1.165, 1.54) is 6.33 Å². The second kappa shape index (κ2) is 3.86. The second-order valence-corrected chi connectivity index (χ2v) is 9.39. The summed E-state index contributed by atoms with van der Waals surface area (Å²) in [7, 11) is -1.48. The van der Waals surface area contributed by atoms with Gasteiger partial charge in [-0.2, -0.15) is 4.98 Å². The molecule has 86 valence electrons. The van der Waals surface area contributed by atoms with E-state index in [1.807, 2.05) is 13.3 Å². The van der Waals surface area contributed by atoms with Crippen LogP contribution in [0.3, 0.4) is 0 Å². The van der Waals surface area contributed by atoms with Crippen LogP contribution in [0, 0.1) is 0 Å². The molecule has 0 spiro atoms. The van der Waals surface area contributed by atoms with Crippen molar-refractivity contribution in [2.45, 2.75) is 26.6 Å². The van der Waals surface area contributed by atoms with Gasteiger partial charge in [-0.25, -0.2) is 9.97 Å². The lowest BCUT2D eigenvalue weighted by Crippen LogP contribution is -2.31. The Morgan fingerprint density at radius 1 is 1.25 bits per heavy atom. The molecule has 0 aromatic carbocycles. The third kappa shape index (κ3) is 1.80. The van der Waals surface area contributed by atoms with Crippen LogP contribution in [0.2, 0.25) is 19.6 Å². The second-order valence-electron chi connectivity index (χ2n) is 4.57. The van der Waals surface area contributed by atoms with E-state index in [4.69, 9.17) is 4.74 Å². The highest BCUT2D eigenvalue weighted by molar-refractivity contribution is 6.75. The molecule has 0 atom stereocenters. The lowest BCUT2D eigenvalue weighted by molar-refractivity contribution is 0.330. The first-order chi connectivity index (χ1) is 7.54. The van der Waals surface area contributed by atoms with E-state index in [2.05, 4.69) is 38.8 Å². The highest BCUT2D eigenvalue weighted by atomic mass is 28.3. The van der Waals surface area contributed by atoms with Gasteiger partial charge in [0.2, 0.25) is 5.88 Å². The lowest BCUT2D eigenvalue weighted by atomic mass is 10.5. The number of fused-ring (bicyclic) bond motifs is 1. The quantitative estimate of drug-likeness (QED) is 0.764. The maximum absolute atomic E-state index is 5.43. The molecule has 2 aromatic rings. The van der Waals surface area contributed by atoms with E-state index in [0.717, 1.165) is 11.2 Å². The van der Waals surface area contributed by atoms with Gasteiger partial charge in [0.05, 0.1) is 12.9 Å². The van der Waals surface area contributed by atoms with Crippen LogP contribution in [0.5, 0.6) is 5.88 Å². The molecule has 0 unspecified atom stereocenters. The molecule has 0 saturated carbocycles. The molecule has 0 aliphatic rings. The fraction of sp³-hybridized carbons (Fsp3) is 0.500. The van der Waals surface area contributed by atoms with E-state index in [1.54, 1.807) is 0 Å². The normalized spacial score (nSPS) is 12.0. The van der Waals surface area contributed by atoms with Crippen LogP contribution in [0.4, 0.5) is 0 Å². The number of imidazole rings is 1. The summed E-state index contributed by atoms with van der Waals surface area (Å²) < 4.78 is 7.59. The van der Waals surface area contributed by atoms with Crippen molar-refractivity contribution < 1.29 is 4.74 Å². The first-order valence-electron chi connectivity index (χ1n) is 5.35. The average molecular weight is 236 g/mol. The van der Waals surface area contributed by atoms with Crippen molar-refractivity contribution in [2.24, 2.45) is 0 Å². The minimum absolute atomic E-state index is 0.574. The number of hydrogen-bond acceptors (Lipinski definition) is 4. The van der Waals surface area contributed by atoms with E-state index in [9.17, 15) is 0 Å². The van der Waals surface area contributed by atoms with Gasteiger partial charge in [-0.05, 0) is 6.92 Å². The van der Waals surface area contributed by atoms with E-state index in [0.29, 0.717) is 12.5 Å². The molecule has 5 nitrogen and oxygen atoms in total. The minimum Gasteiger partial charge on any atom is -0.476 e. The third-order valence-electron chi connectivity index (χ3n) is 2.30. The maximum atomic E-state index is 5.43. The van der Waals surface area contributed by atoms with Gasteiger partial charge in [0.25, 0.3) is 0 Å². The van der Waals surface area contributed by atoms with Crippen molar-refractivity contribution in [2.75, 3.05) is 6.61 Å². The SMILES string of the molecule is CCOc1ncnc2c1ncn2[Si](C)(C)C. The zero-order valence-corrected chi connectivity index (χ0v) is 11.1. The van der Waals surface area contributed by atoms with Gasteiger partial charge in [-0.1, -0.05) is 19.6 Å². The predicted octanol–water partition coefficient (Wildman–Crippen LogP) is 1.91. The van der Waals surface area contributed by atoms with Gasteiger partial charge in [-0.15, -0.1) is 0 Å². The smallest absolute Gasteiger partial charge is 0.245 e. The summed E-state index contributed by atoms with van der Waals surface area (Å²) in [6, 6.07) is 0. The molecule has 0 N–H and O–H groups in total. The van der Waals surface area contributed by atoms with Crippen LogP contribution < -0.4 is 4.74 Å². The van der Waals surface area contributed by atoms with Gasteiger partial charge < -0.3 is 8.97 Å². The molecule has 0 bridgehead atoms. The minimum atomic E-state index is -1.48. The Kier molecular flexibility index (Phi) is 2.67. The molecule has 0 amide bonds.